The van der Waals surface area contributed by atoms with E-state index < -0.39 is 5.97 Å². The van der Waals surface area contributed by atoms with Gasteiger partial charge in [0.25, 0.3) is 0 Å². The van der Waals surface area contributed by atoms with Crippen LogP contribution in [0.15, 0.2) is 66.9 Å². The van der Waals surface area contributed by atoms with E-state index in [9.17, 15) is 4.79 Å². The predicted molar refractivity (Wildman–Crippen MR) is 153 cm³/mol. The number of carboxylic acids is 1. The molecule has 4 rings (SSSR count). The topological polar surface area (TPSA) is 73.6 Å². The van der Waals surface area contributed by atoms with Crippen molar-refractivity contribution < 1.29 is 19.4 Å². The first kappa shape index (κ1) is 27.3. The van der Waals surface area contributed by atoms with Crippen molar-refractivity contribution in [3.63, 3.8) is 0 Å². The summed E-state index contributed by atoms with van der Waals surface area (Å²) in [4.78, 5) is 15.5. The van der Waals surface area contributed by atoms with Crippen molar-refractivity contribution in [2.75, 3.05) is 13.7 Å². The van der Waals surface area contributed by atoms with Gasteiger partial charge in [0, 0.05) is 35.3 Å². The van der Waals surface area contributed by atoms with Crippen LogP contribution in [0.3, 0.4) is 0 Å². The summed E-state index contributed by atoms with van der Waals surface area (Å²) in [6.45, 7) is 3.15. The second-order valence-corrected chi connectivity index (χ2v) is 9.40. The molecule has 3 aromatic carbocycles. The van der Waals surface area contributed by atoms with Crippen LogP contribution in [-0.2, 0) is 11.3 Å². The Kier molecular flexibility index (Phi) is 9.10. The molecule has 0 spiro atoms. The summed E-state index contributed by atoms with van der Waals surface area (Å²) in [7, 11) is 1.64. The second-order valence-electron chi connectivity index (χ2n) is 8.56. The number of aryl methyl sites for hydroxylation is 1. The van der Waals surface area contributed by atoms with Gasteiger partial charge < -0.3 is 19.1 Å². The number of methoxy groups -OCH3 is 1. The molecule has 1 N–H and O–H groups in total. The number of aliphatic carboxylic acids is 1. The van der Waals surface area contributed by atoms with Gasteiger partial charge in [-0.25, -0.2) is 4.98 Å². The monoisotopic (exact) mass is 550 g/mol. The summed E-state index contributed by atoms with van der Waals surface area (Å²) in [6, 6.07) is 19.1. The Bertz CT molecular complexity index is 1460. The maximum Gasteiger partial charge on any atom is 0.303 e. The Labute approximate surface area is 232 Å². The molecule has 0 unspecified atom stereocenters. The highest BCUT2D eigenvalue weighted by Gasteiger charge is 2.11. The van der Waals surface area contributed by atoms with E-state index in [1.165, 1.54) is 0 Å². The molecule has 38 heavy (non-hydrogen) atoms. The normalized spacial score (nSPS) is 11.2. The van der Waals surface area contributed by atoms with Crippen LogP contribution in [0.4, 0.5) is 0 Å². The van der Waals surface area contributed by atoms with Crippen molar-refractivity contribution in [3.05, 3.63) is 88.3 Å². The number of nitrogens with zero attached hydrogens (tertiary/aromatic N) is 2. The smallest absolute Gasteiger partial charge is 0.303 e. The molecule has 4 aromatic rings. The lowest BCUT2D eigenvalue weighted by Gasteiger charge is -2.10. The van der Waals surface area contributed by atoms with Crippen molar-refractivity contribution in [2.24, 2.45) is 0 Å². The molecule has 1 heterocycles. The number of carboxylic acid groups (broad SMARTS) is 1. The molecule has 0 radical (unpaired) electrons. The zero-order valence-electron chi connectivity index (χ0n) is 21.2. The molecule has 196 valence electrons. The molecule has 0 aliphatic rings. The van der Waals surface area contributed by atoms with Gasteiger partial charge in [0.1, 0.15) is 17.3 Å². The Morgan fingerprint density at radius 3 is 2.61 bits per heavy atom. The third-order valence-corrected chi connectivity index (χ3v) is 6.52. The number of aromatic nitrogens is 2. The van der Waals surface area contributed by atoms with Crippen LogP contribution < -0.4 is 9.47 Å². The molecule has 0 saturated carbocycles. The van der Waals surface area contributed by atoms with E-state index >= 15 is 0 Å². The highest BCUT2D eigenvalue weighted by molar-refractivity contribution is 6.36. The predicted octanol–water partition coefficient (Wildman–Crippen LogP) is 7.97. The molecule has 0 bridgehead atoms. The van der Waals surface area contributed by atoms with E-state index in [1.807, 2.05) is 60.8 Å². The van der Waals surface area contributed by atoms with Crippen molar-refractivity contribution >= 4 is 41.3 Å². The highest BCUT2D eigenvalue weighted by Crippen LogP contribution is 2.32. The fourth-order valence-electron chi connectivity index (χ4n) is 4.03. The highest BCUT2D eigenvalue weighted by atomic mass is 35.5. The summed E-state index contributed by atoms with van der Waals surface area (Å²) in [6.07, 6.45) is 6.45. The molecule has 0 saturated heterocycles. The number of rotatable bonds is 11. The van der Waals surface area contributed by atoms with Crippen molar-refractivity contribution in [2.45, 2.75) is 26.3 Å². The summed E-state index contributed by atoms with van der Waals surface area (Å²) in [5.74, 6) is 1.39. The van der Waals surface area contributed by atoms with Gasteiger partial charge >= 0.3 is 5.97 Å². The molecular weight excluding hydrogens is 523 g/mol. The van der Waals surface area contributed by atoms with Crippen LogP contribution in [0.2, 0.25) is 10.0 Å². The number of imidazole rings is 1. The molecule has 0 amide bonds. The van der Waals surface area contributed by atoms with Gasteiger partial charge in [0.05, 0.1) is 24.4 Å². The molecular formula is C30H28Cl2N2O4. The standard InChI is InChI=1S/C30H28Cl2N2O4/c1-3-34-19-27(25-12-11-23(31)18-26(25)32)33-29(34)14-10-22-16-21(9-13-28(22)37-2)20-6-4-7-24(17-20)38-15-5-8-30(35)36/h4,6-7,9-14,16-19H,3,5,8,15H2,1-2H3,(H,35,36)/b14-10+. The van der Waals surface area contributed by atoms with Gasteiger partial charge in [-0.3, -0.25) is 4.79 Å². The molecule has 0 aliphatic heterocycles. The maximum atomic E-state index is 10.7. The quantitative estimate of drug-likeness (QED) is 0.192. The number of carbonyl (C=O) groups is 1. The first-order chi connectivity index (χ1) is 18.4. The fraction of sp³-hybridized carbons (Fsp3) is 0.200. The van der Waals surface area contributed by atoms with Crippen LogP contribution >= 0.6 is 23.2 Å². The minimum atomic E-state index is -0.826. The minimum Gasteiger partial charge on any atom is -0.496 e. The number of halogens is 2. The molecule has 8 heteroatoms. The van der Waals surface area contributed by atoms with E-state index in [4.69, 9.17) is 42.8 Å². The van der Waals surface area contributed by atoms with E-state index in [-0.39, 0.29) is 6.42 Å². The molecule has 6 nitrogen and oxygen atoms in total. The van der Waals surface area contributed by atoms with E-state index in [0.717, 1.165) is 46.1 Å². The molecule has 0 atom stereocenters. The first-order valence-corrected chi connectivity index (χ1v) is 13.0. The van der Waals surface area contributed by atoms with Gasteiger partial charge in [-0.2, -0.15) is 0 Å². The van der Waals surface area contributed by atoms with E-state index in [0.29, 0.717) is 28.8 Å². The second kappa shape index (κ2) is 12.7. The van der Waals surface area contributed by atoms with Gasteiger partial charge in [0.15, 0.2) is 0 Å². The van der Waals surface area contributed by atoms with Gasteiger partial charge in [0.2, 0.25) is 0 Å². The largest absolute Gasteiger partial charge is 0.496 e. The summed E-state index contributed by atoms with van der Waals surface area (Å²) >= 11 is 12.5. The number of ether oxygens (including phenoxy) is 2. The van der Waals surface area contributed by atoms with Crippen molar-refractivity contribution in [3.8, 4) is 33.9 Å². The Hall–Kier alpha value is -3.74. The van der Waals surface area contributed by atoms with Crippen LogP contribution in [0, 0.1) is 0 Å². The number of hydrogen-bond donors (Lipinski definition) is 1. The average molecular weight is 551 g/mol. The molecule has 0 aliphatic carbocycles. The zero-order valence-corrected chi connectivity index (χ0v) is 22.7. The van der Waals surface area contributed by atoms with Gasteiger partial charge in [-0.1, -0.05) is 41.4 Å². The van der Waals surface area contributed by atoms with E-state index in [1.54, 1.807) is 19.2 Å². The number of benzene rings is 3. The van der Waals surface area contributed by atoms with Crippen molar-refractivity contribution in [1.29, 1.82) is 0 Å². The average Bonchev–Trinajstić information content (AvgIpc) is 3.32. The van der Waals surface area contributed by atoms with Crippen LogP contribution in [0.1, 0.15) is 31.2 Å². The van der Waals surface area contributed by atoms with Crippen LogP contribution in [0.25, 0.3) is 34.5 Å². The summed E-state index contributed by atoms with van der Waals surface area (Å²) < 4.78 is 13.4. The first-order valence-electron chi connectivity index (χ1n) is 12.2. The van der Waals surface area contributed by atoms with Crippen LogP contribution in [0.5, 0.6) is 11.5 Å². The minimum absolute atomic E-state index is 0.0817. The lowest BCUT2D eigenvalue weighted by atomic mass is 10.0. The van der Waals surface area contributed by atoms with E-state index in [2.05, 4.69) is 17.6 Å². The maximum absolute atomic E-state index is 10.7. The summed E-state index contributed by atoms with van der Waals surface area (Å²) in [5, 5.41) is 9.94. The lowest BCUT2D eigenvalue weighted by molar-refractivity contribution is -0.137. The van der Waals surface area contributed by atoms with Crippen LogP contribution in [-0.4, -0.2) is 34.3 Å². The Morgan fingerprint density at radius 2 is 1.87 bits per heavy atom. The lowest BCUT2D eigenvalue weighted by Crippen LogP contribution is -2.02. The molecule has 1 aromatic heterocycles. The SMILES string of the molecule is CCn1cc(-c2ccc(Cl)cc2Cl)nc1/C=C/c1cc(-c2cccc(OCCCC(=O)O)c2)ccc1OC. The third-order valence-electron chi connectivity index (χ3n) is 5.97. The Balaban J connectivity index is 1.59. The Morgan fingerprint density at radius 1 is 1.05 bits per heavy atom. The fourth-order valence-corrected chi connectivity index (χ4v) is 4.54. The number of hydrogen-bond acceptors (Lipinski definition) is 4. The van der Waals surface area contributed by atoms with Crippen molar-refractivity contribution in [1.82, 2.24) is 9.55 Å². The molecule has 0 fully saturated rings. The summed E-state index contributed by atoms with van der Waals surface area (Å²) in [5.41, 5.74) is 4.47. The third kappa shape index (κ3) is 6.77. The zero-order chi connectivity index (χ0) is 27.1. The van der Waals surface area contributed by atoms with Gasteiger partial charge in [-0.15, -0.1) is 0 Å². The van der Waals surface area contributed by atoms with Gasteiger partial charge in [-0.05, 0) is 79.1 Å².